The molecule has 2 N–H and O–H groups in total. The van der Waals surface area contributed by atoms with Crippen molar-refractivity contribution in [2.24, 2.45) is 0 Å². The summed E-state index contributed by atoms with van der Waals surface area (Å²) in [6, 6.07) is 24.2. The second-order valence-corrected chi connectivity index (χ2v) is 13.8. The molecule has 0 amide bonds. The van der Waals surface area contributed by atoms with Gasteiger partial charge in [0.1, 0.15) is 0 Å². The van der Waals surface area contributed by atoms with Crippen LogP contribution in [0.15, 0.2) is 102 Å². The van der Waals surface area contributed by atoms with Crippen LogP contribution in [0.5, 0.6) is 0 Å². The molecule has 2 unspecified atom stereocenters. The molecule has 4 aromatic rings. The number of rotatable bonds is 7. The molecule has 236 valence electrons. The van der Waals surface area contributed by atoms with Crippen LogP contribution in [0.25, 0.3) is 10.5 Å². The summed E-state index contributed by atoms with van der Waals surface area (Å²) in [7, 11) is -0.158. The smallest absolute Gasteiger partial charge is 0.0463 e. The third kappa shape index (κ3) is 13.2. The van der Waals surface area contributed by atoms with Gasteiger partial charge in [-0.1, -0.05) is 105 Å². The van der Waals surface area contributed by atoms with E-state index in [1.54, 1.807) is 6.92 Å². The number of fused-ring (bicyclic) bond motifs is 2. The monoisotopic (exact) mass is 609 g/mol. The van der Waals surface area contributed by atoms with Crippen LogP contribution in [0.1, 0.15) is 103 Å². The Bertz CT molecular complexity index is 1460. The minimum absolute atomic E-state index is 0.158. The van der Waals surface area contributed by atoms with Gasteiger partial charge in [-0.15, -0.1) is 7.53 Å². The molecule has 3 nitrogen and oxygen atoms in total. The van der Waals surface area contributed by atoms with Gasteiger partial charge in [0.2, 0.25) is 0 Å². The van der Waals surface area contributed by atoms with Gasteiger partial charge in [0.25, 0.3) is 0 Å². The second kappa shape index (κ2) is 20.7. The van der Waals surface area contributed by atoms with Crippen molar-refractivity contribution < 1.29 is 0 Å². The number of pyridine rings is 1. The lowest BCUT2D eigenvalue weighted by molar-refractivity contribution is 0.573. The van der Waals surface area contributed by atoms with E-state index in [0.29, 0.717) is 5.92 Å². The summed E-state index contributed by atoms with van der Waals surface area (Å²) in [6.07, 6.45) is 13.0. The standard InChI is InChI=1S/C18H20NP.C10H13N.C8H14.C4H9N/c1-2-15-7-9-16(10-8-15)13-19-14-20-12-11-17-5-3-4-6-18(17)20;1-8-4-2-5-9-6-3-7-11-10(8)9;1-5-6-8(4)7(2)3;1-3-4(2)5/h3-12,19H,2,13-14H2,1H3;3,6-8H,2,4-5H2,1H3;5-6H,1-4H3;5H,3H2,1-2H3/b;;6-5-;. The molecule has 0 aliphatic heterocycles. The van der Waals surface area contributed by atoms with Gasteiger partial charge >= 0.3 is 0 Å². The number of allylic oxidation sites excluding steroid dienone is 4. The molecular formula is C40H56N3P. The summed E-state index contributed by atoms with van der Waals surface area (Å²) in [5.41, 5.74) is 9.09. The van der Waals surface area contributed by atoms with Crippen LogP contribution in [0, 0.1) is 5.41 Å². The van der Waals surface area contributed by atoms with Crippen molar-refractivity contribution in [2.45, 2.75) is 106 Å². The van der Waals surface area contributed by atoms with Gasteiger partial charge in [-0.25, -0.2) is 0 Å². The van der Waals surface area contributed by atoms with Crippen molar-refractivity contribution in [1.82, 2.24) is 10.3 Å². The van der Waals surface area contributed by atoms with Crippen molar-refractivity contribution in [1.29, 1.82) is 5.41 Å². The van der Waals surface area contributed by atoms with Gasteiger partial charge in [-0.05, 0) is 107 Å². The topological polar surface area (TPSA) is 48.8 Å². The summed E-state index contributed by atoms with van der Waals surface area (Å²) in [4.78, 5) is 4.40. The Hall–Kier alpha value is -3.26. The third-order valence-electron chi connectivity index (χ3n) is 7.93. The molecule has 0 fully saturated rings. The summed E-state index contributed by atoms with van der Waals surface area (Å²) in [6.45, 7) is 17.6. The third-order valence-corrected chi connectivity index (χ3v) is 10.0. The Morgan fingerprint density at radius 2 is 1.64 bits per heavy atom. The summed E-state index contributed by atoms with van der Waals surface area (Å²) in [5, 5.41) is 13.2. The molecule has 2 heterocycles. The largest absolute Gasteiger partial charge is 0.310 e. The van der Waals surface area contributed by atoms with Crippen LogP contribution in [-0.2, 0) is 25.7 Å². The summed E-state index contributed by atoms with van der Waals surface area (Å²) in [5.74, 6) is 3.05. The van der Waals surface area contributed by atoms with E-state index < -0.39 is 0 Å². The van der Waals surface area contributed by atoms with Crippen LogP contribution >= 0.6 is 7.53 Å². The zero-order chi connectivity index (χ0) is 32.3. The molecule has 0 saturated heterocycles. The number of benzene rings is 2. The number of hydrogen-bond donors (Lipinski definition) is 2. The van der Waals surface area contributed by atoms with Crippen LogP contribution in [0.2, 0.25) is 0 Å². The lowest BCUT2D eigenvalue weighted by Gasteiger charge is -2.20. The van der Waals surface area contributed by atoms with Crippen LogP contribution in [-0.4, -0.2) is 10.7 Å². The molecule has 0 radical (unpaired) electrons. The van der Waals surface area contributed by atoms with E-state index in [1.165, 1.54) is 63.3 Å². The van der Waals surface area contributed by atoms with E-state index in [0.717, 1.165) is 31.4 Å². The fourth-order valence-corrected chi connectivity index (χ4v) is 6.64. The maximum absolute atomic E-state index is 6.74. The van der Waals surface area contributed by atoms with Crippen LogP contribution in [0.4, 0.5) is 0 Å². The van der Waals surface area contributed by atoms with E-state index >= 15 is 0 Å². The average Bonchev–Trinajstić information content (AvgIpc) is 3.45. The van der Waals surface area contributed by atoms with Gasteiger partial charge in [-0.2, -0.15) is 0 Å². The van der Waals surface area contributed by atoms with Crippen molar-refractivity contribution in [3.63, 3.8) is 0 Å². The fraction of sp³-hybridized carbons (Fsp3) is 0.400. The van der Waals surface area contributed by atoms with E-state index in [4.69, 9.17) is 5.41 Å². The molecule has 2 atom stereocenters. The number of nitrogens with zero attached hydrogens (tertiary/aromatic N) is 1. The van der Waals surface area contributed by atoms with Crippen molar-refractivity contribution in [3.8, 4) is 0 Å². The molecule has 44 heavy (non-hydrogen) atoms. The molecule has 2 aromatic carbocycles. The number of hydrogen-bond acceptors (Lipinski definition) is 3. The number of aromatic nitrogens is 1. The Balaban J connectivity index is 0.000000237. The normalized spacial score (nSPS) is 13.8. The molecule has 1 aliphatic rings. The molecule has 2 aromatic heterocycles. The zero-order valence-electron chi connectivity index (χ0n) is 28.6. The first-order chi connectivity index (χ1) is 21.2. The minimum atomic E-state index is -0.158. The van der Waals surface area contributed by atoms with E-state index in [9.17, 15) is 0 Å². The van der Waals surface area contributed by atoms with Crippen LogP contribution < -0.4 is 5.32 Å². The summed E-state index contributed by atoms with van der Waals surface area (Å²) < 4.78 is 0. The lowest BCUT2D eigenvalue weighted by atomic mass is 9.88. The molecular weight excluding hydrogens is 553 g/mol. The summed E-state index contributed by atoms with van der Waals surface area (Å²) >= 11 is 0. The van der Waals surface area contributed by atoms with Crippen molar-refractivity contribution in [3.05, 3.63) is 124 Å². The highest BCUT2D eigenvalue weighted by Gasteiger charge is 2.16. The molecule has 0 saturated carbocycles. The zero-order valence-corrected chi connectivity index (χ0v) is 29.5. The highest BCUT2D eigenvalue weighted by Crippen LogP contribution is 2.38. The van der Waals surface area contributed by atoms with Crippen molar-refractivity contribution in [2.75, 3.05) is 0 Å². The second-order valence-electron chi connectivity index (χ2n) is 11.8. The van der Waals surface area contributed by atoms with Crippen molar-refractivity contribution >= 4 is 23.7 Å². The van der Waals surface area contributed by atoms with Gasteiger partial charge < -0.3 is 10.7 Å². The number of aryl methyl sites for hydroxylation is 2. The van der Waals surface area contributed by atoms with Gasteiger partial charge in [-0.3, -0.25) is 4.98 Å². The number of nitrogens with one attached hydrogen (secondary N) is 2. The first kappa shape index (κ1) is 36.9. The first-order valence-electron chi connectivity index (χ1n) is 16.3. The molecule has 4 heteroatoms. The maximum atomic E-state index is 6.74. The van der Waals surface area contributed by atoms with E-state index in [2.05, 4.69) is 124 Å². The average molecular weight is 610 g/mol. The van der Waals surface area contributed by atoms with E-state index in [1.807, 2.05) is 26.1 Å². The predicted molar refractivity (Wildman–Crippen MR) is 197 cm³/mol. The first-order valence-corrected chi connectivity index (χ1v) is 17.9. The van der Waals surface area contributed by atoms with Gasteiger partial charge in [0, 0.05) is 35.6 Å². The van der Waals surface area contributed by atoms with Gasteiger partial charge in [0.15, 0.2) is 0 Å². The Labute approximate surface area is 269 Å². The van der Waals surface area contributed by atoms with Gasteiger partial charge in [0.05, 0.1) is 0 Å². The molecule has 1 aliphatic carbocycles. The Morgan fingerprint density at radius 3 is 2.23 bits per heavy atom. The quantitative estimate of drug-likeness (QED) is 0.162. The molecule has 0 spiro atoms. The lowest BCUT2D eigenvalue weighted by Crippen LogP contribution is -2.08. The highest BCUT2D eigenvalue weighted by atomic mass is 31.1. The molecule has 5 rings (SSSR count). The molecule has 0 bridgehead atoms. The maximum Gasteiger partial charge on any atom is 0.0463 e. The Morgan fingerprint density at radius 1 is 0.955 bits per heavy atom. The Kier molecular flexibility index (Phi) is 17.3. The predicted octanol–water partition coefficient (Wildman–Crippen LogP) is 12.0. The van der Waals surface area contributed by atoms with Crippen LogP contribution in [0.3, 0.4) is 0 Å². The fourth-order valence-electron chi connectivity index (χ4n) is 4.75. The highest BCUT2D eigenvalue weighted by molar-refractivity contribution is 7.54. The minimum Gasteiger partial charge on any atom is -0.310 e. The SMILES string of the molecule is C/C=C\C(C)=C(C)C.CC1CCCc2cccnc21.CCC(C)=N.CCc1ccc(CNCp2ccc3ccccc32)cc1. The van der Waals surface area contributed by atoms with E-state index in [-0.39, 0.29) is 7.53 Å².